The van der Waals surface area contributed by atoms with E-state index < -0.39 is 0 Å². The highest BCUT2D eigenvalue weighted by Gasteiger charge is 2.11. The minimum atomic E-state index is 0.452. The van der Waals surface area contributed by atoms with Crippen LogP contribution in [-0.4, -0.2) is 30.3 Å². The smallest absolute Gasteiger partial charge is 0.230 e. The Bertz CT molecular complexity index is 1030. The van der Waals surface area contributed by atoms with Crippen molar-refractivity contribution in [1.82, 2.24) is 9.97 Å². The number of fused-ring (bicyclic) bond motifs is 1. The fourth-order valence-electron chi connectivity index (χ4n) is 3.16. The molecule has 0 fully saturated rings. The first kappa shape index (κ1) is 19.0. The molecule has 0 atom stereocenters. The maximum atomic E-state index is 5.95. The van der Waals surface area contributed by atoms with E-state index in [9.17, 15) is 0 Å². The van der Waals surface area contributed by atoms with Gasteiger partial charge in [-0.1, -0.05) is 23.8 Å². The van der Waals surface area contributed by atoms with Crippen molar-refractivity contribution in [2.24, 2.45) is 0 Å². The third kappa shape index (κ3) is 4.92. The lowest BCUT2D eigenvalue weighted by molar-refractivity contribution is 0.146. The Labute approximate surface area is 170 Å². The van der Waals surface area contributed by atoms with E-state index in [0.29, 0.717) is 25.0 Å². The average molecular weight is 389 g/mol. The topological polar surface area (TPSA) is 65.5 Å². The molecule has 1 N–H and O–H groups in total. The number of anilines is 2. The summed E-state index contributed by atoms with van der Waals surface area (Å²) < 4.78 is 16.6. The predicted molar refractivity (Wildman–Crippen MR) is 113 cm³/mol. The van der Waals surface area contributed by atoms with Gasteiger partial charge in [0.2, 0.25) is 11.8 Å². The van der Waals surface area contributed by atoms with Gasteiger partial charge in [0.1, 0.15) is 18.1 Å². The first-order chi connectivity index (χ1) is 14.2. The maximum absolute atomic E-state index is 5.95. The van der Waals surface area contributed by atoms with Gasteiger partial charge in [0.25, 0.3) is 0 Å². The van der Waals surface area contributed by atoms with Gasteiger partial charge in [0.05, 0.1) is 6.61 Å². The van der Waals surface area contributed by atoms with Crippen molar-refractivity contribution in [1.29, 1.82) is 0 Å². The highest BCUT2D eigenvalue weighted by Crippen LogP contribution is 2.30. The number of allylic oxidation sites excluding steroid dienone is 1. The van der Waals surface area contributed by atoms with Gasteiger partial charge < -0.3 is 19.5 Å². The van der Waals surface area contributed by atoms with Crippen molar-refractivity contribution in [2.45, 2.75) is 13.3 Å². The summed E-state index contributed by atoms with van der Waals surface area (Å²) in [7, 11) is 1.65. The van der Waals surface area contributed by atoms with Crippen LogP contribution in [-0.2, 0) is 11.2 Å². The molecular weight excluding hydrogens is 366 g/mol. The van der Waals surface area contributed by atoms with Crippen LogP contribution in [0.1, 0.15) is 18.1 Å². The normalized spacial score (nSPS) is 12.3. The van der Waals surface area contributed by atoms with Crippen molar-refractivity contribution in [2.75, 3.05) is 25.6 Å². The lowest BCUT2D eigenvalue weighted by Crippen LogP contribution is -2.04. The molecule has 1 aliphatic rings. The summed E-state index contributed by atoms with van der Waals surface area (Å²) in [5.41, 5.74) is 4.72. The van der Waals surface area contributed by atoms with Gasteiger partial charge >= 0.3 is 0 Å². The average Bonchev–Trinajstić information content (AvgIpc) is 3.08. The van der Waals surface area contributed by atoms with Crippen molar-refractivity contribution >= 4 is 17.7 Å². The molecule has 2 aromatic carbocycles. The van der Waals surface area contributed by atoms with Crippen LogP contribution in [0.25, 0.3) is 6.08 Å². The van der Waals surface area contributed by atoms with Gasteiger partial charge in [-0.2, -0.15) is 4.98 Å². The van der Waals surface area contributed by atoms with Crippen LogP contribution in [0.5, 0.6) is 17.4 Å². The van der Waals surface area contributed by atoms with Crippen LogP contribution in [0.15, 0.2) is 60.3 Å². The quantitative estimate of drug-likeness (QED) is 0.547. The molecule has 0 aliphatic heterocycles. The summed E-state index contributed by atoms with van der Waals surface area (Å²) in [6.45, 7) is 3.17. The molecule has 0 unspecified atom stereocenters. The summed E-state index contributed by atoms with van der Waals surface area (Å²) in [6, 6.07) is 15.5. The number of nitrogens with one attached hydrogen (secondary N) is 1. The second kappa shape index (κ2) is 8.75. The summed E-state index contributed by atoms with van der Waals surface area (Å²) in [4.78, 5) is 8.73. The zero-order valence-corrected chi connectivity index (χ0v) is 16.5. The van der Waals surface area contributed by atoms with E-state index in [2.05, 4.69) is 34.4 Å². The van der Waals surface area contributed by atoms with E-state index in [1.165, 1.54) is 16.7 Å². The molecule has 0 amide bonds. The number of nitrogens with zero attached hydrogens (tertiary/aromatic N) is 2. The third-order valence-electron chi connectivity index (χ3n) is 4.49. The van der Waals surface area contributed by atoms with Gasteiger partial charge in [-0.3, -0.25) is 0 Å². The monoisotopic (exact) mass is 389 g/mol. The molecule has 148 valence electrons. The molecule has 1 aliphatic carbocycles. The molecule has 0 bridgehead atoms. The SMILES string of the molecule is COCCOc1cccc(Nc2nccc(Oc3ccc4c(c3)C=C(C)C4)n2)c1. The molecular formula is C23H23N3O3. The first-order valence-corrected chi connectivity index (χ1v) is 9.49. The summed E-state index contributed by atoms with van der Waals surface area (Å²) >= 11 is 0. The zero-order chi connectivity index (χ0) is 20.1. The molecule has 0 saturated carbocycles. The minimum absolute atomic E-state index is 0.452. The Kier molecular flexibility index (Phi) is 5.72. The Morgan fingerprint density at radius 2 is 1.97 bits per heavy atom. The summed E-state index contributed by atoms with van der Waals surface area (Å²) in [5, 5.41) is 3.19. The lowest BCUT2D eigenvalue weighted by Gasteiger charge is -2.10. The molecule has 6 heteroatoms. The molecule has 0 spiro atoms. The second-order valence-corrected chi connectivity index (χ2v) is 6.84. The zero-order valence-electron chi connectivity index (χ0n) is 16.5. The molecule has 29 heavy (non-hydrogen) atoms. The lowest BCUT2D eigenvalue weighted by atomic mass is 10.1. The van der Waals surface area contributed by atoms with Gasteiger partial charge in [-0.25, -0.2) is 4.98 Å². The van der Waals surface area contributed by atoms with Crippen molar-refractivity contribution in [3.63, 3.8) is 0 Å². The largest absolute Gasteiger partial charge is 0.491 e. The molecule has 0 saturated heterocycles. The molecule has 3 aromatic rings. The number of hydrogen-bond acceptors (Lipinski definition) is 6. The minimum Gasteiger partial charge on any atom is -0.491 e. The standard InChI is InChI=1S/C23H23N3O3/c1-16-12-17-6-7-21(14-18(17)13-16)29-22-8-9-24-23(26-22)25-19-4-3-5-20(15-19)28-11-10-27-2/h3-9,13-15H,10-12H2,1-2H3,(H,24,25,26). The molecule has 4 rings (SSSR count). The van der Waals surface area contributed by atoms with Crippen LogP contribution in [0.3, 0.4) is 0 Å². The predicted octanol–water partition coefficient (Wildman–Crippen LogP) is 5.00. The van der Waals surface area contributed by atoms with Crippen molar-refractivity contribution < 1.29 is 14.2 Å². The number of methoxy groups -OCH3 is 1. The van der Waals surface area contributed by atoms with Gasteiger partial charge in [-0.15, -0.1) is 0 Å². The Hall–Kier alpha value is -3.38. The Morgan fingerprint density at radius 1 is 1.03 bits per heavy atom. The van der Waals surface area contributed by atoms with Crippen LogP contribution >= 0.6 is 0 Å². The van der Waals surface area contributed by atoms with E-state index in [1.807, 2.05) is 36.4 Å². The maximum Gasteiger partial charge on any atom is 0.230 e. The van der Waals surface area contributed by atoms with Crippen LogP contribution in [0.4, 0.5) is 11.6 Å². The number of rotatable bonds is 8. The van der Waals surface area contributed by atoms with E-state index in [1.54, 1.807) is 19.4 Å². The molecule has 1 aromatic heterocycles. The van der Waals surface area contributed by atoms with Crippen LogP contribution < -0.4 is 14.8 Å². The fourth-order valence-corrected chi connectivity index (χ4v) is 3.16. The molecule has 1 heterocycles. The van der Waals surface area contributed by atoms with E-state index in [0.717, 1.165) is 23.6 Å². The number of hydrogen-bond donors (Lipinski definition) is 1. The second-order valence-electron chi connectivity index (χ2n) is 6.84. The summed E-state index contributed by atoms with van der Waals surface area (Å²) in [6.07, 6.45) is 4.86. The van der Waals surface area contributed by atoms with Crippen molar-refractivity contribution in [3.05, 3.63) is 71.4 Å². The van der Waals surface area contributed by atoms with Crippen molar-refractivity contribution in [3.8, 4) is 17.4 Å². The van der Waals surface area contributed by atoms with Gasteiger partial charge in [0.15, 0.2) is 0 Å². The number of benzene rings is 2. The Balaban J connectivity index is 1.44. The summed E-state index contributed by atoms with van der Waals surface area (Å²) in [5.74, 6) is 2.44. The van der Waals surface area contributed by atoms with Crippen LogP contribution in [0.2, 0.25) is 0 Å². The molecule has 6 nitrogen and oxygen atoms in total. The Morgan fingerprint density at radius 3 is 2.86 bits per heavy atom. The number of ether oxygens (including phenoxy) is 3. The first-order valence-electron chi connectivity index (χ1n) is 9.49. The van der Waals surface area contributed by atoms with Gasteiger partial charge in [0, 0.05) is 31.1 Å². The van der Waals surface area contributed by atoms with E-state index in [-0.39, 0.29) is 0 Å². The fraction of sp³-hybridized carbons (Fsp3) is 0.217. The van der Waals surface area contributed by atoms with E-state index >= 15 is 0 Å². The van der Waals surface area contributed by atoms with E-state index in [4.69, 9.17) is 14.2 Å². The third-order valence-corrected chi connectivity index (χ3v) is 4.49. The molecule has 0 radical (unpaired) electrons. The van der Waals surface area contributed by atoms with Gasteiger partial charge in [-0.05, 0) is 48.7 Å². The van der Waals surface area contributed by atoms with Crippen LogP contribution in [0, 0.1) is 0 Å². The highest BCUT2D eigenvalue weighted by molar-refractivity contribution is 5.65. The highest BCUT2D eigenvalue weighted by atomic mass is 16.5. The number of aromatic nitrogens is 2.